The summed E-state index contributed by atoms with van der Waals surface area (Å²) < 4.78 is 11.5. The number of benzene rings is 1. The first kappa shape index (κ1) is 14.0. The smallest absolute Gasteiger partial charge is 0.162 e. The summed E-state index contributed by atoms with van der Waals surface area (Å²) in [5.41, 5.74) is 3.03. The molecule has 1 fully saturated rings. The second kappa shape index (κ2) is 6.20. The molecule has 112 valence electrons. The average molecular weight is 287 g/mol. The van der Waals surface area contributed by atoms with Gasteiger partial charge >= 0.3 is 0 Å². The minimum Gasteiger partial charge on any atom is -0.493 e. The summed E-state index contributed by atoms with van der Waals surface area (Å²) in [4.78, 5) is 0. The Morgan fingerprint density at radius 2 is 1.95 bits per heavy atom. The molecule has 4 heteroatoms. The van der Waals surface area contributed by atoms with Crippen LogP contribution in [0.3, 0.4) is 0 Å². The molecule has 4 nitrogen and oxygen atoms in total. The van der Waals surface area contributed by atoms with E-state index >= 15 is 0 Å². The third-order valence-electron chi connectivity index (χ3n) is 4.25. The molecule has 2 aliphatic rings. The molecule has 0 bridgehead atoms. The van der Waals surface area contributed by atoms with Gasteiger partial charge in [0, 0.05) is 0 Å². The third-order valence-corrected chi connectivity index (χ3v) is 4.25. The fourth-order valence-corrected chi connectivity index (χ4v) is 3.07. The second-order valence-electron chi connectivity index (χ2n) is 5.65. The molecule has 21 heavy (non-hydrogen) atoms. The number of ether oxygens (including phenoxy) is 2. The predicted octanol–water partition coefficient (Wildman–Crippen LogP) is 4.02. The van der Waals surface area contributed by atoms with E-state index in [2.05, 4.69) is 5.16 Å². The number of oxime groups is 1. The second-order valence-corrected chi connectivity index (χ2v) is 5.65. The fraction of sp³-hybridized carbons (Fsp3) is 0.471. The van der Waals surface area contributed by atoms with Crippen LogP contribution in [0.1, 0.15) is 44.1 Å². The lowest BCUT2D eigenvalue weighted by molar-refractivity contribution is 0.200. The van der Waals surface area contributed by atoms with Crippen molar-refractivity contribution in [3.8, 4) is 11.5 Å². The number of hydrogen-bond acceptors (Lipinski definition) is 4. The Kier molecular flexibility index (Phi) is 4.13. The van der Waals surface area contributed by atoms with E-state index in [-0.39, 0.29) is 0 Å². The minimum absolute atomic E-state index is 0.307. The van der Waals surface area contributed by atoms with Crippen molar-refractivity contribution in [2.24, 2.45) is 5.16 Å². The molecule has 1 saturated carbocycles. The normalized spacial score (nSPS) is 20.8. The predicted molar refractivity (Wildman–Crippen MR) is 82.3 cm³/mol. The third kappa shape index (κ3) is 3.04. The molecule has 0 amide bonds. The molecule has 2 aliphatic carbocycles. The van der Waals surface area contributed by atoms with Crippen LogP contribution < -0.4 is 9.47 Å². The van der Waals surface area contributed by atoms with Crippen LogP contribution in [0, 0.1) is 0 Å². The van der Waals surface area contributed by atoms with Crippen LogP contribution in [0.2, 0.25) is 0 Å². The summed E-state index contributed by atoms with van der Waals surface area (Å²) in [5, 5.41) is 12.1. The lowest BCUT2D eigenvalue weighted by Crippen LogP contribution is -2.11. The maximum absolute atomic E-state index is 8.86. The van der Waals surface area contributed by atoms with Crippen molar-refractivity contribution in [2.45, 2.75) is 44.6 Å². The van der Waals surface area contributed by atoms with Crippen LogP contribution in [0.15, 0.2) is 29.4 Å². The fourth-order valence-electron chi connectivity index (χ4n) is 3.07. The Morgan fingerprint density at radius 1 is 1.14 bits per heavy atom. The van der Waals surface area contributed by atoms with Crippen molar-refractivity contribution < 1.29 is 14.7 Å². The van der Waals surface area contributed by atoms with Crippen LogP contribution in [-0.2, 0) is 0 Å². The molecule has 0 unspecified atom stereocenters. The number of methoxy groups -OCH3 is 1. The summed E-state index contributed by atoms with van der Waals surface area (Å²) in [5.74, 6) is 1.59. The Labute approximate surface area is 125 Å². The van der Waals surface area contributed by atoms with Crippen LogP contribution in [0.4, 0.5) is 0 Å². The number of hydrogen-bond donors (Lipinski definition) is 1. The maximum atomic E-state index is 8.86. The lowest BCUT2D eigenvalue weighted by Gasteiger charge is -2.17. The summed E-state index contributed by atoms with van der Waals surface area (Å²) in [6.45, 7) is 0. The molecule has 1 aromatic carbocycles. The zero-order valence-corrected chi connectivity index (χ0v) is 12.3. The quantitative estimate of drug-likeness (QED) is 0.672. The molecule has 0 aliphatic heterocycles. The standard InChI is InChI=1S/C17H21NO3/c1-20-16-9-7-13(12-6-8-14(10-12)18-19)11-17(16)21-15-4-2-3-5-15/h7,9-11,15,19H,2-6,8H2,1H3. The number of allylic oxidation sites excluding steroid dienone is 2. The highest BCUT2D eigenvalue weighted by atomic mass is 16.5. The van der Waals surface area contributed by atoms with Gasteiger partial charge in [0.2, 0.25) is 0 Å². The van der Waals surface area contributed by atoms with Crippen LogP contribution in [0.5, 0.6) is 11.5 Å². The molecule has 0 spiro atoms. The minimum atomic E-state index is 0.307. The number of rotatable bonds is 4. The SMILES string of the molecule is COc1ccc(C2=CC(=NO)CC2)cc1OC1CCCC1. The monoisotopic (exact) mass is 287 g/mol. The summed E-state index contributed by atoms with van der Waals surface area (Å²) in [6, 6.07) is 6.03. The van der Waals surface area contributed by atoms with E-state index in [9.17, 15) is 0 Å². The van der Waals surface area contributed by atoms with Crippen molar-refractivity contribution >= 4 is 11.3 Å². The van der Waals surface area contributed by atoms with Gasteiger partial charge in [-0.15, -0.1) is 0 Å². The molecule has 0 saturated heterocycles. The summed E-state index contributed by atoms with van der Waals surface area (Å²) in [7, 11) is 1.67. The molecule has 1 N–H and O–H groups in total. The van der Waals surface area contributed by atoms with Gasteiger partial charge in [-0.2, -0.15) is 0 Å². The topological polar surface area (TPSA) is 51.0 Å². The van der Waals surface area contributed by atoms with Crippen molar-refractivity contribution in [3.05, 3.63) is 29.8 Å². The first-order chi connectivity index (χ1) is 10.3. The molecule has 3 rings (SSSR count). The van der Waals surface area contributed by atoms with Gasteiger partial charge in [0.15, 0.2) is 11.5 Å². The van der Waals surface area contributed by atoms with Gasteiger partial charge < -0.3 is 14.7 Å². The lowest BCUT2D eigenvalue weighted by atomic mass is 10.0. The van der Waals surface area contributed by atoms with Crippen molar-refractivity contribution in [2.75, 3.05) is 7.11 Å². The van der Waals surface area contributed by atoms with E-state index < -0.39 is 0 Å². The van der Waals surface area contributed by atoms with Crippen molar-refractivity contribution in [1.29, 1.82) is 0 Å². The first-order valence-corrected chi connectivity index (χ1v) is 7.56. The average Bonchev–Trinajstić information content (AvgIpc) is 3.18. The van der Waals surface area contributed by atoms with Crippen molar-refractivity contribution in [1.82, 2.24) is 0 Å². The van der Waals surface area contributed by atoms with E-state index in [0.29, 0.717) is 6.10 Å². The molecular formula is C17H21NO3. The van der Waals surface area contributed by atoms with Gasteiger partial charge in [0.1, 0.15) is 0 Å². The Balaban J connectivity index is 1.85. The molecule has 0 aromatic heterocycles. The van der Waals surface area contributed by atoms with E-state index in [1.807, 2.05) is 24.3 Å². The molecule has 0 radical (unpaired) electrons. The van der Waals surface area contributed by atoms with Gasteiger partial charge in [0.25, 0.3) is 0 Å². The maximum Gasteiger partial charge on any atom is 0.162 e. The van der Waals surface area contributed by atoms with Crippen LogP contribution in [0.25, 0.3) is 5.57 Å². The van der Waals surface area contributed by atoms with E-state index in [1.165, 1.54) is 18.4 Å². The van der Waals surface area contributed by atoms with E-state index in [1.54, 1.807) is 7.11 Å². The largest absolute Gasteiger partial charge is 0.493 e. The van der Waals surface area contributed by atoms with Crippen molar-refractivity contribution in [3.63, 3.8) is 0 Å². The molecule has 0 heterocycles. The van der Waals surface area contributed by atoms with E-state index in [4.69, 9.17) is 14.7 Å². The Hall–Kier alpha value is -1.97. The van der Waals surface area contributed by atoms with E-state index in [0.717, 1.165) is 48.5 Å². The summed E-state index contributed by atoms with van der Waals surface area (Å²) >= 11 is 0. The first-order valence-electron chi connectivity index (χ1n) is 7.56. The zero-order chi connectivity index (χ0) is 14.7. The van der Waals surface area contributed by atoms with Gasteiger partial charge in [-0.3, -0.25) is 0 Å². The highest BCUT2D eigenvalue weighted by Gasteiger charge is 2.20. The Morgan fingerprint density at radius 3 is 2.62 bits per heavy atom. The van der Waals surface area contributed by atoms with Crippen LogP contribution >= 0.6 is 0 Å². The van der Waals surface area contributed by atoms with Crippen LogP contribution in [-0.4, -0.2) is 24.1 Å². The molecule has 0 atom stereocenters. The zero-order valence-electron chi connectivity index (χ0n) is 12.3. The highest BCUT2D eigenvalue weighted by molar-refractivity contribution is 6.05. The number of nitrogens with zero attached hydrogens (tertiary/aromatic N) is 1. The van der Waals surface area contributed by atoms with Gasteiger partial charge in [0.05, 0.1) is 18.9 Å². The van der Waals surface area contributed by atoms with Gasteiger partial charge in [-0.1, -0.05) is 11.2 Å². The summed E-state index contributed by atoms with van der Waals surface area (Å²) in [6.07, 6.45) is 8.67. The molecular weight excluding hydrogens is 266 g/mol. The van der Waals surface area contributed by atoms with Gasteiger partial charge in [-0.05, 0) is 67.9 Å². The molecule has 1 aromatic rings. The van der Waals surface area contributed by atoms with Gasteiger partial charge in [-0.25, -0.2) is 0 Å². The highest BCUT2D eigenvalue weighted by Crippen LogP contribution is 2.36. The Bertz CT molecular complexity index is 571.